The Morgan fingerprint density at radius 1 is 0.963 bits per heavy atom. The first-order chi connectivity index (χ1) is 12.4. The van der Waals surface area contributed by atoms with Crippen molar-refractivity contribution in [1.82, 2.24) is 0 Å². The third-order valence-corrected chi connectivity index (χ3v) is 5.70. The molecule has 0 heterocycles. The van der Waals surface area contributed by atoms with Gasteiger partial charge >= 0.3 is 29.6 Å². The fourth-order valence-electron chi connectivity index (χ4n) is 3.12. The summed E-state index contributed by atoms with van der Waals surface area (Å²) in [4.78, 5) is -0.167. The van der Waals surface area contributed by atoms with Crippen molar-refractivity contribution in [2.75, 3.05) is 0 Å². The molecule has 0 aliphatic rings. The maximum absolute atomic E-state index is 11.0. The standard InChI is InChI=1S/C22H28O3S.Na/c1-3-19(21-12-8-5-9-13-21)11-7-4-6-10-18(2)20-14-16-22(17-15-20)26(23,24)25;/h4-5,7-9,12-19H,3,6,10-11H2,1-2H3,(H,23,24,25);/q;+1/p-1/b7-4+;. The van der Waals surface area contributed by atoms with Gasteiger partial charge in [-0.1, -0.05) is 68.5 Å². The van der Waals surface area contributed by atoms with Gasteiger partial charge in [0.2, 0.25) is 0 Å². The zero-order valence-corrected chi connectivity index (χ0v) is 19.3. The van der Waals surface area contributed by atoms with E-state index in [0.717, 1.165) is 31.2 Å². The summed E-state index contributed by atoms with van der Waals surface area (Å²) in [5, 5.41) is 0. The minimum Gasteiger partial charge on any atom is -0.744 e. The SMILES string of the molecule is CCC(C/C=C/CCC(C)c1ccc(S(=O)(=O)[O-])cc1)c1ccccc1.[Na+]. The summed E-state index contributed by atoms with van der Waals surface area (Å²) >= 11 is 0. The van der Waals surface area contributed by atoms with Crippen LogP contribution in [0, 0.1) is 0 Å². The minimum absolute atomic E-state index is 0. The van der Waals surface area contributed by atoms with E-state index >= 15 is 0 Å². The van der Waals surface area contributed by atoms with Gasteiger partial charge < -0.3 is 4.55 Å². The van der Waals surface area contributed by atoms with Crippen LogP contribution < -0.4 is 29.6 Å². The maximum Gasteiger partial charge on any atom is 1.00 e. The fourth-order valence-corrected chi connectivity index (χ4v) is 3.59. The molecule has 27 heavy (non-hydrogen) atoms. The van der Waals surface area contributed by atoms with E-state index in [2.05, 4.69) is 50.3 Å². The van der Waals surface area contributed by atoms with Crippen LogP contribution >= 0.6 is 0 Å². The van der Waals surface area contributed by atoms with Crippen LogP contribution in [0.1, 0.15) is 62.5 Å². The second-order valence-electron chi connectivity index (χ2n) is 6.72. The van der Waals surface area contributed by atoms with Gasteiger partial charge in [-0.25, -0.2) is 8.42 Å². The molecule has 3 nitrogen and oxygen atoms in total. The topological polar surface area (TPSA) is 57.2 Å². The van der Waals surface area contributed by atoms with E-state index in [4.69, 9.17) is 0 Å². The third kappa shape index (κ3) is 7.92. The number of hydrogen-bond acceptors (Lipinski definition) is 3. The molecule has 0 saturated heterocycles. The normalized spacial score (nSPS) is 13.9. The van der Waals surface area contributed by atoms with Crippen molar-refractivity contribution in [3.63, 3.8) is 0 Å². The van der Waals surface area contributed by atoms with Crippen LogP contribution in [0.4, 0.5) is 0 Å². The first kappa shape index (κ1) is 24.1. The Balaban J connectivity index is 0.00000364. The smallest absolute Gasteiger partial charge is 0.744 e. The molecule has 2 aromatic carbocycles. The second-order valence-corrected chi connectivity index (χ2v) is 8.10. The first-order valence-electron chi connectivity index (χ1n) is 9.17. The molecule has 2 atom stereocenters. The van der Waals surface area contributed by atoms with Crippen molar-refractivity contribution >= 4 is 10.1 Å². The van der Waals surface area contributed by atoms with Gasteiger partial charge in [0.05, 0.1) is 4.90 Å². The van der Waals surface area contributed by atoms with E-state index in [9.17, 15) is 13.0 Å². The van der Waals surface area contributed by atoms with Crippen LogP contribution in [0.15, 0.2) is 71.6 Å². The van der Waals surface area contributed by atoms with Crippen LogP contribution in [0.25, 0.3) is 0 Å². The molecule has 0 saturated carbocycles. The van der Waals surface area contributed by atoms with Crippen LogP contribution in [-0.2, 0) is 10.1 Å². The largest absolute Gasteiger partial charge is 1.00 e. The summed E-state index contributed by atoms with van der Waals surface area (Å²) in [7, 11) is -4.36. The number of allylic oxidation sites excluding steroid dienone is 2. The molecule has 2 aromatic rings. The quantitative estimate of drug-likeness (QED) is 0.373. The molecule has 5 heteroatoms. The summed E-state index contributed by atoms with van der Waals surface area (Å²) in [5.74, 6) is 0.880. The Hall–Kier alpha value is -0.910. The predicted molar refractivity (Wildman–Crippen MR) is 105 cm³/mol. The average Bonchev–Trinajstić information content (AvgIpc) is 2.64. The number of hydrogen-bond donors (Lipinski definition) is 0. The van der Waals surface area contributed by atoms with Crippen LogP contribution in [0.5, 0.6) is 0 Å². The molecule has 0 N–H and O–H groups in total. The summed E-state index contributed by atoms with van der Waals surface area (Å²) in [6.07, 6.45) is 8.64. The summed E-state index contributed by atoms with van der Waals surface area (Å²) in [5.41, 5.74) is 2.45. The molecule has 0 aliphatic carbocycles. The van der Waals surface area contributed by atoms with Crippen molar-refractivity contribution < 1.29 is 42.5 Å². The summed E-state index contributed by atoms with van der Waals surface area (Å²) in [6, 6.07) is 16.9. The van der Waals surface area contributed by atoms with Crippen LogP contribution in [0.3, 0.4) is 0 Å². The number of rotatable bonds is 9. The average molecular weight is 395 g/mol. The van der Waals surface area contributed by atoms with E-state index in [0.29, 0.717) is 11.8 Å². The van der Waals surface area contributed by atoms with Crippen molar-refractivity contribution in [3.8, 4) is 0 Å². The van der Waals surface area contributed by atoms with Gasteiger partial charge in [-0.05, 0) is 60.8 Å². The van der Waals surface area contributed by atoms with Crippen LogP contribution in [0.2, 0.25) is 0 Å². The molecule has 0 radical (unpaired) electrons. The molecule has 0 fully saturated rings. The maximum atomic E-state index is 11.0. The second kappa shape index (κ2) is 11.8. The van der Waals surface area contributed by atoms with E-state index in [1.165, 1.54) is 17.7 Å². The minimum atomic E-state index is -4.36. The van der Waals surface area contributed by atoms with E-state index in [-0.39, 0.29) is 34.5 Å². The van der Waals surface area contributed by atoms with Gasteiger partial charge in [-0.15, -0.1) is 0 Å². The van der Waals surface area contributed by atoms with Gasteiger partial charge in [0.1, 0.15) is 10.1 Å². The Bertz CT molecular complexity index is 799. The van der Waals surface area contributed by atoms with Crippen molar-refractivity contribution in [1.29, 1.82) is 0 Å². The van der Waals surface area contributed by atoms with Crippen LogP contribution in [-0.4, -0.2) is 13.0 Å². The summed E-state index contributed by atoms with van der Waals surface area (Å²) in [6.45, 7) is 4.34. The van der Waals surface area contributed by atoms with E-state index in [1.807, 2.05) is 6.07 Å². The van der Waals surface area contributed by atoms with Gasteiger partial charge in [-0.2, -0.15) is 0 Å². The molecule has 0 amide bonds. The molecule has 0 spiro atoms. The summed E-state index contributed by atoms with van der Waals surface area (Å²) < 4.78 is 32.9. The Morgan fingerprint density at radius 3 is 2.15 bits per heavy atom. The molecule has 2 rings (SSSR count). The molecule has 0 aliphatic heterocycles. The van der Waals surface area contributed by atoms with Gasteiger partial charge in [0.25, 0.3) is 0 Å². The van der Waals surface area contributed by atoms with Crippen molar-refractivity contribution in [3.05, 3.63) is 77.9 Å². The molecule has 0 bridgehead atoms. The first-order valence-corrected chi connectivity index (χ1v) is 10.6. The van der Waals surface area contributed by atoms with Gasteiger partial charge in [-0.3, -0.25) is 0 Å². The van der Waals surface area contributed by atoms with E-state index < -0.39 is 10.1 Å². The third-order valence-electron chi connectivity index (χ3n) is 4.86. The van der Waals surface area contributed by atoms with Crippen molar-refractivity contribution in [2.45, 2.75) is 56.3 Å². The Kier molecular flexibility index (Phi) is 10.6. The monoisotopic (exact) mass is 394 g/mol. The Labute approximate surface area is 185 Å². The van der Waals surface area contributed by atoms with Gasteiger partial charge in [0, 0.05) is 0 Å². The number of benzene rings is 2. The Morgan fingerprint density at radius 2 is 1.59 bits per heavy atom. The van der Waals surface area contributed by atoms with Crippen molar-refractivity contribution in [2.24, 2.45) is 0 Å². The molecular formula is C22H27NaO3S. The molecular weight excluding hydrogens is 367 g/mol. The van der Waals surface area contributed by atoms with Gasteiger partial charge in [0.15, 0.2) is 0 Å². The molecule has 140 valence electrons. The fraction of sp³-hybridized carbons (Fsp3) is 0.364. The zero-order valence-electron chi connectivity index (χ0n) is 16.5. The van der Waals surface area contributed by atoms with E-state index in [1.54, 1.807) is 12.1 Å². The predicted octanol–water partition coefficient (Wildman–Crippen LogP) is 2.62. The molecule has 0 aromatic heterocycles. The molecule has 2 unspecified atom stereocenters. The zero-order chi connectivity index (χ0) is 19.0.